The van der Waals surface area contributed by atoms with Crippen LogP contribution < -0.4 is 5.32 Å². The van der Waals surface area contributed by atoms with Gasteiger partial charge in [0.05, 0.1) is 17.2 Å². The zero-order chi connectivity index (χ0) is 10.2. The molecule has 1 aromatic heterocycles. The zero-order valence-corrected chi connectivity index (χ0v) is 8.71. The molecule has 0 amide bonds. The van der Waals surface area contributed by atoms with E-state index in [1.165, 1.54) is 0 Å². The van der Waals surface area contributed by atoms with Crippen LogP contribution in [-0.2, 0) is 9.84 Å². The fourth-order valence-corrected chi connectivity index (χ4v) is 2.93. The average molecular weight is 215 g/mol. The van der Waals surface area contributed by atoms with E-state index in [9.17, 15) is 8.42 Å². The number of aromatic nitrogens is 2. The molecule has 1 atom stereocenters. The summed E-state index contributed by atoms with van der Waals surface area (Å²) in [6.45, 7) is 1.98. The van der Waals surface area contributed by atoms with Crippen molar-refractivity contribution < 1.29 is 8.42 Å². The van der Waals surface area contributed by atoms with Gasteiger partial charge in [0.15, 0.2) is 9.84 Å². The number of H-pyrrole nitrogens is 1. The summed E-state index contributed by atoms with van der Waals surface area (Å²) in [6, 6.07) is 2.10. The minimum Gasteiger partial charge on any atom is -0.304 e. The number of nitrogens with one attached hydrogen (secondary N) is 2. The third-order valence-corrected chi connectivity index (χ3v) is 4.21. The van der Waals surface area contributed by atoms with Crippen molar-refractivity contribution in [2.75, 3.05) is 11.5 Å². The lowest BCUT2D eigenvalue weighted by molar-refractivity contribution is 0.462. The van der Waals surface area contributed by atoms with E-state index in [1.54, 1.807) is 6.20 Å². The minimum absolute atomic E-state index is 0.0956. The van der Waals surface area contributed by atoms with E-state index in [2.05, 4.69) is 15.5 Å². The number of hydrogen-bond donors (Lipinski definition) is 2. The van der Waals surface area contributed by atoms with E-state index in [0.29, 0.717) is 0 Å². The van der Waals surface area contributed by atoms with Crippen LogP contribution >= 0.6 is 0 Å². The molecule has 1 aromatic rings. The number of rotatable bonds is 3. The molecule has 0 aliphatic carbocycles. The lowest BCUT2D eigenvalue weighted by Gasteiger charge is -2.29. The van der Waals surface area contributed by atoms with Crippen molar-refractivity contribution in [3.05, 3.63) is 18.0 Å². The first-order chi connectivity index (χ1) is 6.57. The lowest BCUT2D eigenvalue weighted by atomic mass is 10.2. The zero-order valence-electron chi connectivity index (χ0n) is 7.90. The molecule has 78 valence electrons. The van der Waals surface area contributed by atoms with Crippen molar-refractivity contribution in [3.8, 4) is 0 Å². The third-order valence-electron chi connectivity index (χ3n) is 2.38. The Morgan fingerprint density at radius 2 is 2.36 bits per heavy atom. The van der Waals surface area contributed by atoms with Crippen molar-refractivity contribution >= 4 is 9.84 Å². The van der Waals surface area contributed by atoms with Gasteiger partial charge in [-0.2, -0.15) is 5.10 Å². The molecule has 0 saturated carbocycles. The Labute approximate surface area is 82.8 Å². The molecule has 1 aliphatic heterocycles. The highest BCUT2D eigenvalue weighted by atomic mass is 32.2. The number of nitrogens with zero attached hydrogens (tertiary/aromatic N) is 1. The van der Waals surface area contributed by atoms with Gasteiger partial charge in [0.25, 0.3) is 0 Å². The first-order valence-corrected chi connectivity index (χ1v) is 6.35. The molecule has 2 rings (SSSR count). The Hall–Kier alpha value is -0.880. The van der Waals surface area contributed by atoms with Crippen LogP contribution in [0.25, 0.3) is 0 Å². The largest absolute Gasteiger partial charge is 0.304 e. The number of hydrogen-bond acceptors (Lipinski definition) is 4. The van der Waals surface area contributed by atoms with Gasteiger partial charge in [0.2, 0.25) is 0 Å². The molecule has 0 radical (unpaired) electrons. The lowest BCUT2D eigenvalue weighted by Crippen LogP contribution is -2.51. The van der Waals surface area contributed by atoms with Gasteiger partial charge in [0.1, 0.15) is 0 Å². The van der Waals surface area contributed by atoms with Gasteiger partial charge in [0, 0.05) is 18.3 Å². The van der Waals surface area contributed by atoms with Crippen LogP contribution in [0.15, 0.2) is 12.3 Å². The third kappa shape index (κ3) is 1.96. The molecule has 1 fully saturated rings. The quantitative estimate of drug-likeness (QED) is 0.735. The average Bonchev–Trinajstić information content (AvgIpc) is 2.51. The maximum absolute atomic E-state index is 10.9. The van der Waals surface area contributed by atoms with Crippen LogP contribution in [0.2, 0.25) is 0 Å². The molecule has 0 spiro atoms. The Morgan fingerprint density at radius 3 is 2.86 bits per heavy atom. The van der Waals surface area contributed by atoms with E-state index in [0.717, 1.165) is 5.69 Å². The van der Waals surface area contributed by atoms with Crippen LogP contribution in [0.5, 0.6) is 0 Å². The van der Waals surface area contributed by atoms with Crippen LogP contribution in [0.4, 0.5) is 0 Å². The molecule has 2 heterocycles. The van der Waals surface area contributed by atoms with Gasteiger partial charge < -0.3 is 5.32 Å². The molecule has 0 aromatic carbocycles. The monoisotopic (exact) mass is 215 g/mol. The van der Waals surface area contributed by atoms with Gasteiger partial charge in [-0.05, 0) is 13.0 Å². The van der Waals surface area contributed by atoms with Crippen molar-refractivity contribution in [3.63, 3.8) is 0 Å². The summed E-state index contributed by atoms with van der Waals surface area (Å²) in [5.74, 6) is 0.511. The van der Waals surface area contributed by atoms with E-state index < -0.39 is 9.84 Å². The van der Waals surface area contributed by atoms with Crippen LogP contribution in [0.1, 0.15) is 18.7 Å². The molecule has 1 aliphatic rings. The predicted molar refractivity (Wildman–Crippen MR) is 52.6 cm³/mol. The molecule has 5 nitrogen and oxygen atoms in total. The van der Waals surface area contributed by atoms with Crippen molar-refractivity contribution in [2.45, 2.75) is 19.0 Å². The highest BCUT2D eigenvalue weighted by Gasteiger charge is 2.34. The Bertz CT molecular complexity index is 386. The van der Waals surface area contributed by atoms with Gasteiger partial charge in [-0.1, -0.05) is 0 Å². The highest BCUT2D eigenvalue weighted by Crippen LogP contribution is 2.15. The minimum atomic E-state index is -2.73. The molecular formula is C8H13N3O2S. The van der Waals surface area contributed by atoms with E-state index in [4.69, 9.17) is 0 Å². The van der Waals surface area contributed by atoms with Crippen LogP contribution in [0, 0.1) is 0 Å². The maximum Gasteiger partial charge on any atom is 0.153 e. The fraction of sp³-hybridized carbons (Fsp3) is 0.625. The van der Waals surface area contributed by atoms with Crippen molar-refractivity contribution in [1.82, 2.24) is 15.5 Å². The molecule has 6 heteroatoms. The normalized spacial score (nSPS) is 22.9. The molecule has 14 heavy (non-hydrogen) atoms. The SMILES string of the molecule is CC(NC1CS(=O)(=O)C1)c1ccn[nH]1. The van der Waals surface area contributed by atoms with E-state index in [1.807, 2.05) is 13.0 Å². The second-order valence-electron chi connectivity index (χ2n) is 3.67. The highest BCUT2D eigenvalue weighted by molar-refractivity contribution is 7.92. The van der Waals surface area contributed by atoms with Gasteiger partial charge in [-0.25, -0.2) is 8.42 Å². The summed E-state index contributed by atoms with van der Waals surface area (Å²) in [7, 11) is -2.73. The maximum atomic E-state index is 10.9. The summed E-state index contributed by atoms with van der Waals surface area (Å²) >= 11 is 0. The first-order valence-electron chi connectivity index (χ1n) is 4.52. The predicted octanol–water partition coefficient (Wildman–Crippen LogP) is -0.143. The summed E-state index contributed by atoms with van der Waals surface area (Å²) in [5.41, 5.74) is 0.981. The molecule has 2 N–H and O–H groups in total. The number of sulfone groups is 1. The number of aromatic amines is 1. The molecular weight excluding hydrogens is 202 g/mol. The standard InChI is InChI=1S/C8H13N3O2S/c1-6(8-2-3-9-11-8)10-7-4-14(12,13)5-7/h2-3,6-7,10H,4-5H2,1H3,(H,9,11). The van der Waals surface area contributed by atoms with Gasteiger partial charge in [-0.3, -0.25) is 5.10 Å². The Balaban J connectivity index is 1.88. The Morgan fingerprint density at radius 1 is 1.64 bits per heavy atom. The molecule has 1 unspecified atom stereocenters. The van der Waals surface area contributed by atoms with Crippen LogP contribution in [-0.4, -0.2) is 36.2 Å². The summed E-state index contributed by atoms with van der Waals surface area (Å²) < 4.78 is 21.8. The summed E-state index contributed by atoms with van der Waals surface area (Å²) in [5, 5.41) is 9.91. The van der Waals surface area contributed by atoms with Crippen molar-refractivity contribution in [1.29, 1.82) is 0 Å². The second-order valence-corrected chi connectivity index (χ2v) is 5.83. The van der Waals surface area contributed by atoms with E-state index in [-0.39, 0.29) is 23.6 Å². The summed E-state index contributed by atoms with van der Waals surface area (Å²) in [4.78, 5) is 0. The molecule has 1 saturated heterocycles. The topological polar surface area (TPSA) is 74.8 Å². The smallest absolute Gasteiger partial charge is 0.153 e. The van der Waals surface area contributed by atoms with Gasteiger partial charge >= 0.3 is 0 Å². The van der Waals surface area contributed by atoms with E-state index >= 15 is 0 Å². The van der Waals surface area contributed by atoms with Gasteiger partial charge in [-0.15, -0.1) is 0 Å². The fourth-order valence-electron chi connectivity index (χ4n) is 1.61. The van der Waals surface area contributed by atoms with Crippen LogP contribution in [0.3, 0.4) is 0 Å². The summed E-state index contributed by atoms with van der Waals surface area (Å²) in [6.07, 6.45) is 1.69. The second kappa shape index (κ2) is 3.36. The van der Waals surface area contributed by atoms with Crippen molar-refractivity contribution in [2.24, 2.45) is 0 Å². The molecule has 0 bridgehead atoms. The Kier molecular flexibility index (Phi) is 2.32. The first kappa shape index (κ1) is 9.67.